The van der Waals surface area contributed by atoms with Crippen LogP contribution in [0.15, 0.2) is 121 Å². The fourth-order valence-electron chi connectivity index (χ4n) is 4.02. The Morgan fingerprint density at radius 3 is 0.750 bits per heavy atom. The van der Waals surface area contributed by atoms with Gasteiger partial charge in [-0.15, -0.1) is 0 Å². The molecule has 40 heavy (non-hydrogen) atoms. The smallest absolute Gasteiger partial charge is 0.0249 e. The summed E-state index contributed by atoms with van der Waals surface area (Å²) >= 11 is 0. The first-order valence-corrected chi connectivity index (χ1v) is 13.4. The highest BCUT2D eigenvalue weighted by Gasteiger charge is 1.94. The third-order valence-electron chi connectivity index (χ3n) is 6.50. The SMILES string of the molecule is Cc1ccc(C#Cc2ccc(C=Cc3ccc(C=Cc4ccc(C#Cc5ccc(C)cc5)cc4)cc3)cc2)cc1. The zero-order valence-corrected chi connectivity index (χ0v) is 22.9. The summed E-state index contributed by atoms with van der Waals surface area (Å²) < 4.78 is 0. The van der Waals surface area contributed by atoms with E-state index in [1.165, 1.54) is 11.1 Å². The van der Waals surface area contributed by atoms with E-state index in [4.69, 9.17) is 0 Å². The van der Waals surface area contributed by atoms with Crippen LogP contribution in [0.1, 0.15) is 55.6 Å². The summed E-state index contributed by atoms with van der Waals surface area (Å²) in [6.45, 7) is 4.17. The van der Waals surface area contributed by atoms with Gasteiger partial charge in [-0.2, -0.15) is 0 Å². The summed E-state index contributed by atoms with van der Waals surface area (Å²) in [4.78, 5) is 0. The zero-order valence-electron chi connectivity index (χ0n) is 22.9. The van der Waals surface area contributed by atoms with Crippen LogP contribution in [-0.4, -0.2) is 0 Å². The quantitative estimate of drug-likeness (QED) is 0.167. The molecule has 0 nitrogen and oxygen atoms in total. The molecule has 0 heteroatoms. The van der Waals surface area contributed by atoms with E-state index >= 15 is 0 Å². The summed E-state index contributed by atoms with van der Waals surface area (Å²) in [5, 5.41) is 0. The van der Waals surface area contributed by atoms with Crippen molar-refractivity contribution in [1.29, 1.82) is 0 Å². The molecule has 0 N–H and O–H groups in total. The summed E-state index contributed by atoms with van der Waals surface area (Å²) in [5.74, 6) is 12.9. The van der Waals surface area contributed by atoms with Crippen molar-refractivity contribution in [2.24, 2.45) is 0 Å². The van der Waals surface area contributed by atoms with Gasteiger partial charge in [0, 0.05) is 22.3 Å². The molecule has 5 rings (SSSR count). The molecule has 0 radical (unpaired) electrons. The lowest BCUT2D eigenvalue weighted by molar-refractivity contribution is 1.46. The van der Waals surface area contributed by atoms with Crippen LogP contribution in [0.25, 0.3) is 24.3 Å². The molecule has 0 spiro atoms. The Balaban J connectivity index is 1.15. The van der Waals surface area contributed by atoms with E-state index in [0.29, 0.717) is 0 Å². The van der Waals surface area contributed by atoms with Crippen LogP contribution in [0.5, 0.6) is 0 Å². The Bertz CT molecular complexity index is 1600. The first-order valence-electron chi connectivity index (χ1n) is 13.4. The molecular weight excluding hydrogens is 480 g/mol. The van der Waals surface area contributed by atoms with Crippen LogP contribution >= 0.6 is 0 Å². The first kappa shape index (κ1) is 26.3. The van der Waals surface area contributed by atoms with Crippen LogP contribution in [0.2, 0.25) is 0 Å². The number of benzene rings is 5. The lowest BCUT2D eigenvalue weighted by Crippen LogP contribution is -1.79. The van der Waals surface area contributed by atoms with E-state index in [1.807, 2.05) is 0 Å². The van der Waals surface area contributed by atoms with Gasteiger partial charge in [-0.05, 0) is 84.6 Å². The topological polar surface area (TPSA) is 0 Å². The van der Waals surface area contributed by atoms with Crippen LogP contribution in [0.4, 0.5) is 0 Å². The van der Waals surface area contributed by atoms with Gasteiger partial charge in [0.1, 0.15) is 0 Å². The standard InChI is InChI=1S/C40H30/c1-31-3-7-33(8-4-31)11-13-35-15-19-37(20-16-35)23-25-39-27-29-40(30-28-39)26-24-38-21-17-36(18-22-38)14-12-34-9-5-32(2)6-10-34/h3-10,15-30H,1-2H3. The second kappa shape index (κ2) is 13.0. The summed E-state index contributed by atoms with van der Waals surface area (Å²) in [6, 6.07) is 41.8. The molecular formula is C40H30. The van der Waals surface area contributed by atoms with Crippen molar-refractivity contribution in [1.82, 2.24) is 0 Å². The largest absolute Gasteiger partial charge is 0.0617 e. The predicted molar refractivity (Wildman–Crippen MR) is 171 cm³/mol. The van der Waals surface area contributed by atoms with Crippen molar-refractivity contribution in [3.63, 3.8) is 0 Å². The minimum atomic E-state index is 1.01. The van der Waals surface area contributed by atoms with E-state index in [2.05, 4.69) is 183 Å². The van der Waals surface area contributed by atoms with E-state index < -0.39 is 0 Å². The Kier molecular flexibility index (Phi) is 8.54. The van der Waals surface area contributed by atoms with Gasteiger partial charge in [-0.3, -0.25) is 0 Å². The second-order valence-electron chi connectivity index (χ2n) is 9.81. The Morgan fingerprint density at radius 2 is 0.500 bits per heavy atom. The van der Waals surface area contributed by atoms with Gasteiger partial charge < -0.3 is 0 Å². The summed E-state index contributed by atoms with van der Waals surface area (Å²) in [6.07, 6.45) is 8.53. The molecule has 0 unspecified atom stereocenters. The molecule has 0 aliphatic carbocycles. The van der Waals surface area contributed by atoms with Crippen molar-refractivity contribution < 1.29 is 0 Å². The van der Waals surface area contributed by atoms with Crippen LogP contribution in [0.3, 0.4) is 0 Å². The third kappa shape index (κ3) is 7.85. The van der Waals surface area contributed by atoms with Crippen molar-refractivity contribution >= 4 is 24.3 Å². The highest BCUT2D eigenvalue weighted by atomic mass is 14.0. The van der Waals surface area contributed by atoms with Crippen LogP contribution in [0, 0.1) is 37.5 Å². The molecule has 0 aromatic heterocycles. The van der Waals surface area contributed by atoms with Crippen molar-refractivity contribution in [3.05, 3.63) is 177 Å². The van der Waals surface area contributed by atoms with Gasteiger partial charge >= 0.3 is 0 Å². The lowest BCUT2D eigenvalue weighted by Gasteiger charge is -1.98. The second-order valence-corrected chi connectivity index (χ2v) is 9.81. The Morgan fingerprint density at radius 1 is 0.300 bits per heavy atom. The average Bonchev–Trinajstić information content (AvgIpc) is 3.00. The molecule has 0 aliphatic rings. The highest BCUT2D eigenvalue weighted by molar-refractivity contribution is 5.73. The fraction of sp³-hybridized carbons (Fsp3) is 0.0500. The van der Waals surface area contributed by atoms with Gasteiger partial charge in [0.2, 0.25) is 0 Å². The molecule has 5 aromatic carbocycles. The van der Waals surface area contributed by atoms with Gasteiger partial charge in [0.15, 0.2) is 0 Å². The Labute approximate surface area is 238 Å². The average molecular weight is 511 g/mol. The highest BCUT2D eigenvalue weighted by Crippen LogP contribution is 2.14. The summed E-state index contributed by atoms with van der Waals surface area (Å²) in [7, 11) is 0. The third-order valence-corrected chi connectivity index (χ3v) is 6.50. The first-order chi connectivity index (χ1) is 19.6. The van der Waals surface area contributed by atoms with Gasteiger partial charge in [0.05, 0.1) is 0 Å². The van der Waals surface area contributed by atoms with Crippen LogP contribution in [-0.2, 0) is 0 Å². The molecule has 0 aliphatic heterocycles. The van der Waals surface area contributed by atoms with E-state index in [-0.39, 0.29) is 0 Å². The molecule has 0 amide bonds. The minimum Gasteiger partial charge on any atom is -0.0617 e. The number of aryl methyl sites for hydroxylation is 2. The van der Waals surface area contributed by atoms with Gasteiger partial charge in [-0.1, -0.05) is 132 Å². The maximum atomic E-state index is 3.24. The molecule has 5 aromatic rings. The van der Waals surface area contributed by atoms with Gasteiger partial charge in [0.25, 0.3) is 0 Å². The monoisotopic (exact) mass is 510 g/mol. The fourth-order valence-corrected chi connectivity index (χ4v) is 4.02. The van der Waals surface area contributed by atoms with Crippen molar-refractivity contribution in [2.75, 3.05) is 0 Å². The molecule has 0 atom stereocenters. The maximum Gasteiger partial charge on any atom is 0.0249 e. The lowest BCUT2D eigenvalue weighted by atomic mass is 10.1. The van der Waals surface area contributed by atoms with Crippen LogP contribution < -0.4 is 0 Å². The maximum absolute atomic E-state index is 3.24. The normalized spacial score (nSPS) is 10.7. The molecule has 0 saturated carbocycles. The Hall–Kier alpha value is -5.30. The van der Waals surface area contributed by atoms with E-state index in [1.54, 1.807) is 0 Å². The predicted octanol–water partition coefficient (Wildman–Crippen LogP) is 9.44. The molecule has 0 heterocycles. The number of rotatable bonds is 4. The molecule has 190 valence electrons. The van der Waals surface area contributed by atoms with Crippen molar-refractivity contribution in [3.8, 4) is 23.7 Å². The minimum absolute atomic E-state index is 1.01. The van der Waals surface area contributed by atoms with Crippen molar-refractivity contribution in [2.45, 2.75) is 13.8 Å². The zero-order chi connectivity index (χ0) is 27.6. The van der Waals surface area contributed by atoms with E-state index in [0.717, 1.165) is 44.5 Å². The molecule has 0 fully saturated rings. The summed E-state index contributed by atoms with van der Waals surface area (Å²) in [5.41, 5.74) is 11.2. The molecule has 0 bridgehead atoms. The number of hydrogen-bond donors (Lipinski definition) is 0. The molecule has 0 saturated heterocycles. The number of hydrogen-bond acceptors (Lipinski definition) is 0. The van der Waals surface area contributed by atoms with E-state index in [9.17, 15) is 0 Å². The van der Waals surface area contributed by atoms with Gasteiger partial charge in [-0.25, -0.2) is 0 Å².